The summed E-state index contributed by atoms with van der Waals surface area (Å²) < 4.78 is 4.55. The Hall–Kier alpha value is -1.79. The summed E-state index contributed by atoms with van der Waals surface area (Å²) in [6.45, 7) is 10.6. The van der Waals surface area contributed by atoms with Crippen molar-refractivity contribution in [1.29, 1.82) is 0 Å². The van der Waals surface area contributed by atoms with Gasteiger partial charge in [0.25, 0.3) is 6.47 Å². The molecule has 1 aliphatic heterocycles. The fraction of sp³-hybridized carbons (Fsp3) is 0.562. The Kier molecular flexibility index (Phi) is 7.14. The van der Waals surface area contributed by atoms with E-state index in [2.05, 4.69) is 27.1 Å². The van der Waals surface area contributed by atoms with Gasteiger partial charge in [0.2, 0.25) is 0 Å². The number of carbonyl (C=O) groups is 1. The Balaban J connectivity index is 0.000000295. The van der Waals surface area contributed by atoms with Gasteiger partial charge in [-0.05, 0) is 44.5 Å². The molecular formula is C16H28N4O2. The first-order valence-electron chi connectivity index (χ1n) is 7.53. The number of piperazine rings is 1. The van der Waals surface area contributed by atoms with Crippen LogP contribution in [0.1, 0.15) is 26.3 Å². The smallest absolute Gasteiger partial charge is 0.293 e. The minimum Gasteiger partial charge on any atom is -0.462 e. The van der Waals surface area contributed by atoms with Gasteiger partial charge in [0.1, 0.15) is 5.60 Å². The van der Waals surface area contributed by atoms with Crippen LogP contribution >= 0.6 is 0 Å². The molecule has 124 valence electrons. The lowest BCUT2D eigenvalue weighted by Gasteiger charge is -2.29. The molecule has 0 aliphatic carbocycles. The molecule has 0 saturated carbocycles. The van der Waals surface area contributed by atoms with Gasteiger partial charge in [-0.15, -0.1) is 0 Å². The SMILES string of the molecule is CC(C)(C)OC=O.NCc1cc(N2CCNCC2)ccc1N. The highest BCUT2D eigenvalue weighted by molar-refractivity contribution is 5.58. The molecule has 1 aromatic carbocycles. The zero-order chi connectivity index (χ0) is 16.6. The standard InChI is InChI=1S/C11H18N4.C5H10O2/c12-8-9-7-10(1-2-11(9)13)15-5-3-14-4-6-15;1-5(2,3)7-4-6/h1-2,7,14H,3-6,8,12-13H2;4H,1-3H3. The van der Waals surface area contributed by atoms with E-state index >= 15 is 0 Å². The topological polar surface area (TPSA) is 93.6 Å². The predicted molar refractivity (Wildman–Crippen MR) is 90.7 cm³/mol. The fourth-order valence-electron chi connectivity index (χ4n) is 2.03. The molecule has 0 atom stereocenters. The molecule has 22 heavy (non-hydrogen) atoms. The third-order valence-corrected chi connectivity index (χ3v) is 3.23. The summed E-state index contributed by atoms with van der Waals surface area (Å²) in [6.07, 6.45) is 0. The van der Waals surface area contributed by atoms with Crippen molar-refractivity contribution in [3.63, 3.8) is 0 Å². The van der Waals surface area contributed by atoms with E-state index in [0.29, 0.717) is 13.0 Å². The van der Waals surface area contributed by atoms with Crippen molar-refractivity contribution < 1.29 is 9.53 Å². The van der Waals surface area contributed by atoms with E-state index in [-0.39, 0.29) is 5.60 Å². The molecule has 0 bridgehead atoms. The van der Waals surface area contributed by atoms with E-state index in [1.54, 1.807) is 0 Å². The summed E-state index contributed by atoms with van der Waals surface area (Å²) in [5.74, 6) is 0. The van der Waals surface area contributed by atoms with Crippen LogP contribution in [-0.4, -0.2) is 38.3 Å². The summed E-state index contributed by atoms with van der Waals surface area (Å²) in [6, 6.07) is 6.11. The lowest BCUT2D eigenvalue weighted by molar-refractivity contribution is -0.138. The van der Waals surface area contributed by atoms with E-state index in [0.717, 1.165) is 37.4 Å². The third-order valence-electron chi connectivity index (χ3n) is 3.23. The maximum atomic E-state index is 9.60. The number of hydrogen-bond acceptors (Lipinski definition) is 6. The molecule has 1 heterocycles. The van der Waals surface area contributed by atoms with Crippen molar-refractivity contribution in [2.75, 3.05) is 36.8 Å². The molecule has 0 aromatic heterocycles. The molecule has 6 heteroatoms. The largest absolute Gasteiger partial charge is 0.462 e. The highest BCUT2D eigenvalue weighted by Crippen LogP contribution is 2.21. The Morgan fingerprint density at radius 2 is 1.95 bits per heavy atom. The lowest BCUT2D eigenvalue weighted by Crippen LogP contribution is -2.43. The Bertz CT molecular complexity index is 466. The van der Waals surface area contributed by atoms with Crippen LogP contribution in [0.15, 0.2) is 18.2 Å². The van der Waals surface area contributed by atoms with E-state index in [1.165, 1.54) is 5.69 Å². The van der Waals surface area contributed by atoms with E-state index in [4.69, 9.17) is 11.5 Å². The van der Waals surface area contributed by atoms with Crippen molar-refractivity contribution >= 4 is 17.8 Å². The maximum absolute atomic E-state index is 9.60. The van der Waals surface area contributed by atoms with Gasteiger partial charge < -0.3 is 26.4 Å². The average molecular weight is 308 g/mol. The number of rotatable bonds is 3. The number of nitrogens with zero attached hydrogens (tertiary/aromatic N) is 1. The number of benzene rings is 1. The average Bonchev–Trinajstić information content (AvgIpc) is 2.48. The molecule has 0 spiro atoms. The van der Waals surface area contributed by atoms with Crippen molar-refractivity contribution in [1.82, 2.24) is 5.32 Å². The second-order valence-electron chi connectivity index (χ2n) is 6.15. The summed E-state index contributed by atoms with van der Waals surface area (Å²) in [7, 11) is 0. The van der Waals surface area contributed by atoms with Crippen LogP contribution in [0.25, 0.3) is 0 Å². The Morgan fingerprint density at radius 1 is 1.32 bits per heavy atom. The number of hydrogen-bond donors (Lipinski definition) is 3. The number of nitrogens with one attached hydrogen (secondary N) is 1. The number of ether oxygens (including phenoxy) is 1. The van der Waals surface area contributed by atoms with E-state index in [9.17, 15) is 4.79 Å². The molecule has 0 unspecified atom stereocenters. The van der Waals surface area contributed by atoms with Crippen LogP contribution < -0.4 is 21.7 Å². The molecule has 2 rings (SSSR count). The van der Waals surface area contributed by atoms with Gasteiger partial charge in [-0.25, -0.2) is 0 Å². The second kappa shape index (κ2) is 8.60. The quantitative estimate of drug-likeness (QED) is 0.572. The van der Waals surface area contributed by atoms with E-state index in [1.807, 2.05) is 26.8 Å². The van der Waals surface area contributed by atoms with Crippen LogP contribution in [0, 0.1) is 0 Å². The van der Waals surface area contributed by atoms with Crippen LogP contribution in [0.2, 0.25) is 0 Å². The van der Waals surface area contributed by atoms with Gasteiger partial charge in [-0.2, -0.15) is 0 Å². The second-order valence-corrected chi connectivity index (χ2v) is 6.15. The van der Waals surface area contributed by atoms with Crippen molar-refractivity contribution in [2.45, 2.75) is 32.9 Å². The third kappa shape index (κ3) is 6.32. The normalized spacial score (nSPS) is 14.8. The zero-order valence-corrected chi connectivity index (χ0v) is 13.8. The molecule has 0 amide bonds. The minimum absolute atomic E-state index is 0.318. The summed E-state index contributed by atoms with van der Waals surface area (Å²) in [5.41, 5.74) is 14.2. The predicted octanol–water partition coefficient (Wildman–Crippen LogP) is 1.10. The van der Waals surface area contributed by atoms with Gasteiger partial charge in [0.05, 0.1) is 0 Å². The Labute approximate surface area is 132 Å². The first-order chi connectivity index (χ1) is 10.4. The molecule has 1 fully saturated rings. The van der Waals surface area contributed by atoms with Gasteiger partial charge in [0, 0.05) is 44.1 Å². The highest BCUT2D eigenvalue weighted by Gasteiger charge is 2.11. The first-order valence-corrected chi connectivity index (χ1v) is 7.53. The highest BCUT2D eigenvalue weighted by atomic mass is 16.5. The molecule has 1 saturated heterocycles. The number of nitrogens with two attached hydrogens (primary N) is 2. The van der Waals surface area contributed by atoms with Crippen LogP contribution in [-0.2, 0) is 16.1 Å². The van der Waals surface area contributed by atoms with E-state index < -0.39 is 0 Å². The lowest BCUT2D eigenvalue weighted by atomic mass is 10.1. The van der Waals surface area contributed by atoms with Gasteiger partial charge >= 0.3 is 0 Å². The summed E-state index contributed by atoms with van der Waals surface area (Å²) >= 11 is 0. The maximum Gasteiger partial charge on any atom is 0.293 e. The molecule has 6 nitrogen and oxygen atoms in total. The Morgan fingerprint density at radius 3 is 2.41 bits per heavy atom. The van der Waals surface area contributed by atoms with Gasteiger partial charge in [0.15, 0.2) is 0 Å². The monoisotopic (exact) mass is 308 g/mol. The summed E-state index contributed by atoms with van der Waals surface area (Å²) in [5, 5.41) is 3.33. The molecule has 1 aliphatic rings. The number of carbonyl (C=O) groups excluding carboxylic acids is 1. The first kappa shape index (κ1) is 18.3. The number of nitrogen functional groups attached to an aromatic ring is 1. The molecule has 1 aromatic rings. The van der Waals surface area contributed by atoms with Crippen molar-refractivity contribution in [3.8, 4) is 0 Å². The van der Waals surface area contributed by atoms with Gasteiger partial charge in [-0.3, -0.25) is 4.79 Å². The van der Waals surface area contributed by atoms with Gasteiger partial charge in [-0.1, -0.05) is 0 Å². The summed E-state index contributed by atoms with van der Waals surface area (Å²) in [4.78, 5) is 12.0. The molecule has 5 N–H and O–H groups in total. The van der Waals surface area contributed by atoms with Crippen LogP contribution in [0.3, 0.4) is 0 Å². The van der Waals surface area contributed by atoms with Crippen LogP contribution in [0.4, 0.5) is 11.4 Å². The number of anilines is 2. The minimum atomic E-state index is -0.318. The van der Waals surface area contributed by atoms with Crippen molar-refractivity contribution in [3.05, 3.63) is 23.8 Å². The van der Waals surface area contributed by atoms with Crippen molar-refractivity contribution in [2.24, 2.45) is 5.73 Å². The van der Waals surface area contributed by atoms with Crippen LogP contribution in [0.5, 0.6) is 0 Å². The fourth-order valence-corrected chi connectivity index (χ4v) is 2.03. The molecule has 0 radical (unpaired) electrons. The molecular weight excluding hydrogens is 280 g/mol. The zero-order valence-electron chi connectivity index (χ0n) is 13.8.